The molecule has 2 aromatic carbocycles. The zero-order chi connectivity index (χ0) is 21.5. The molecule has 1 atom stereocenters. The zero-order valence-corrected chi connectivity index (χ0v) is 17.1. The molecule has 0 saturated heterocycles. The Kier molecular flexibility index (Phi) is 7.06. The highest BCUT2D eigenvalue weighted by molar-refractivity contribution is 6.05. The fraction of sp³-hybridized carbons (Fsp3) is 0.348. The molecular formula is C23H25NO6. The normalized spacial score (nSPS) is 14.6. The Balaban J connectivity index is 1.37. The van der Waals surface area contributed by atoms with Gasteiger partial charge in [-0.3, -0.25) is 14.4 Å². The second kappa shape index (κ2) is 9.91. The number of rotatable bonds is 10. The van der Waals surface area contributed by atoms with Gasteiger partial charge in [-0.05, 0) is 68.3 Å². The Morgan fingerprint density at radius 2 is 1.73 bits per heavy atom. The van der Waals surface area contributed by atoms with Gasteiger partial charge in [0.25, 0.3) is 0 Å². The summed E-state index contributed by atoms with van der Waals surface area (Å²) < 4.78 is 16.0. The highest BCUT2D eigenvalue weighted by atomic mass is 16.5. The molecule has 0 aliphatic carbocycles. The van der Waals surface area contributed by atoms with E-state index in [0.717, 1.165) is 11.3 Å². The number of fused-ring (bicyclic) bond motifs is 1. The van der Waals surface area contributed by atoms with E-state index in [9.17, 15) is 14.4 Å². The molecule has 1 aliphatic heterocycles. The third-order valence-corrected chi connectivity index (χ3v) is 4.78. The van der Waals surface area contributed by atoms with E-state index in [1.54, 1.807) is 25.1 Å². The molecule has 2 aromatic rings. The molecule has 30 heavy (non-hydrogen) atoms. The van der Waals surface area contributed by atoms with Gasteiger partial charge in [0.15, 0.2) is 12.4 Å². The van der Waals surface area contributed by atoms with Crippen molar-refractivity contribution in [1.82, 2.24) is 0 Å². The summed E-state index contributed by atoms with van der Waals surface area (Å²) >= 11 is 0. The van der Waals surface area contributed by atoms with Gasteiger partial charge in [0, 0.05) is 17.7 Å². The molecule has 0 unspecified atom stereocenters. The van der Waals surface area contributed by atoms with E-state index in [-0.39, 0.29) is 30.6 Å². The number of carbonyl (C=O) groups is 3. The third kappa shape index (κ3) is 5.37. The van der Waals surface area contributed by atoms with E-state index in [2.05, 4.69) is 5.32 Å². The summed E-state index contributed by atoms with van der Waals surface area (Å²) in [5, 5.41) is 2.76. The number of carbonyl (C=O) groups excluding carboxylic acids is 3. The molecule has 1 amide bonds. The maximum atomic E-state index is 12.3. The second-order valence-corrected chi connectivity index (χ2v) is 6.95. The molecule has 1 heterocycles. The van der Waals surface area contributed by atoms with Gasteiger partial charge in [0.2, 0.25) is 5.91 Å². The predicted octanol–water partition coefficient (Wildman–Crippen LogP) is 3.73. The smallest absolute Gasteiger partial charge is 0.306 e. The number of esters is 1. The van der Waals surface area contributed by atoms with E-state index in [1.807, 2.05) is 31.2 Å². The molecule has 7 nitrogen and oxygen atoms in total. The lowest BCUT2D eigenvalue weighted by Gasteiger charge is -2.08. The molecule has 158 valence electrons. The summed E-state index contributed by atoms with van der Waals surface area (Å²) in [5.41, 5.74) is 1.92. The lowest BCUT2D eigenvalue weighted by molar-refractivity contribution is -0.142. The Morgan fingerprint density at radius 1 is 1.03 bits per heavy atom. The van der Waals surface area contributed by atoms with Crippen LogP contribution in [0.25, 0.3) is 0 Å². The summed E-state index contributed by atoms with van der Waals surface area (Å²) in [5.74, 6) is 0.326. The van der Waals surface area contributed by atoms with Crippen molar-refractivity contribution in [2.24, 2.45) is 0 Å². The topological polar surface area (TPSA) is 90.9 Å². The third-order valence-electron chi connectivity index (χ3n) is 4.78. The monoisotopic (exact) mass is 411 g/mol. The predicted molar refractivity (Wildman–Crippen MR) is 111 cm³/mol. The van der Waals surface area contributed by atoms with Gasteiger partial charge in [-0.25, -0.2) is 0 Å². The highest BCUT2D eigenvalue weighted by Crippen LogP contribution is 2.32. The van der Waals surface area contributed by atoms with Crippen LogP contribution in [0.15, 0.2) is 42.5 Å². The number of hydrogen-bond donors (Lipinski definition) is 1. The Hall–Kier alpha value is -3.35. The van der Waals surface area contributed by atoms with Crippen LogP contribution in [0.1, 0.15) is 48.5 Å². The van der Waals surface area contributed by atoms with Crippen molar-refractivity contribution in [1.29, 1.82) is 0 Å². The number of ketones is 1. The van der Waals surface area contributed by atoms with Crippen molar-refractivity contribution in [2.45, 2.75) is 32.6 Å². The van der Waals surface area contributed by atoms with Crippen LogP contribution >= 0.6 is 0 Å². The van der Waals surface area contributed by atoms with Crippen LogP contribution in [0, 0.1) is 0 Å². The lowest BCUT2D eigenvalue weighted by Crippen LogP contribution is -2.15. The van der Waals surface area contributed by atoms with Crippen molar-refractivity contribution in [3.63, 3.8) is 0 Å². The van der Waals surface area contributed by atoms with Crippen molar-refractivity contribution >= 4 is 23.3 Å². The van der Waals surface area contributed by atoms with E-state index >= 15 is 0 Å². The van der Waals surface area contributed by atoms with Crippen LogP contribution < -0.4 is 14.8 Å². The fourth-order valence-corrected chi connectivity index (χ4v) is 3.10. The van der Waals surface area contributed by atoms with E-state index in [0.29, 0.717) is 36.6 Å². The number of ether oxygens (including phenoxy) is 3. The molecule has 0 bridgehead atoms. The van der Waals surface area contributed by atoms with Crippen molar-refractivity contribution < 1.29 is 28.6 Å². The van der Waals surface area contributed by atoms with Crippen molar-refractivity contribution in [3.8, 4) is 11.5 Å². The number of Topliss-reactive ketones (excluding diaryl/α,β-unsaturated/α-hetero) is 1. The first-order valence-corrected chi connectivity index (χ1v) is 9.97. The largest absolute Gasteiger partial charge is 0.494 e. The van der Waals surface area contributed by atoms with Crippen molar-refractivity contribution in [3.05, 3.63) is 53.6 Å². The second-order valence-electron chi connectivity index (χ2n) is 6.95. The Bertz CT molecular complexity index is 922. The number of nitrogens with one attached hydrogen (secondary N) is 1. The average Bonchev–Trinajstić information content (AvgIpc) is 3.04. The molecule has 3 rings (SSSR count). The van der Waals surface area contributed by atoms with Crippen LogP contribution in [-0.2, 0) is 14.3 Å². The number of hydrogen-bond acceptors (Lipinski definition) is 6. The number of benzene rings is 2. The molecule has 1 N–H and O–H groups in total. The molecule has 0 aromatic heterocycles. The minimum atomic E-state index is -0.454. The van der Waals surface area contributed by atoms with Gasteiger partial charge in [-0.15, -0.1) is 0 Å². The number of anilines is 1. The average molecular weight is 411 g/mol. The van der Waals surface area contributed by atoms with Gasteiger partial charge in [0.1, 0.15) is 11.5 Å². The molecule has 0 spiro atoms. The standard InChI is InChI=1S/C23H25NO6/c1-3-28-17-7-9-18(10-8-17)29-12-4-5-22(26)30-14-21(25)16-6-11-20-19(13-16)15(2)23(27)24-20/h6-11,13,15H,3-5,12,14H2,1-2H3,(H,24,27)/t15-/m1/s1. The van der Waals surface area contributed by atoms with Crippen LogP contribution in [-0.4, -0.2) is 37.5 Å². The van der Waals surface area contributed by atoms with E-state index in [4.69, 9.17) is 14.2 Å². The summed E-state index contributed by atoms with van der Waals surface area (Å²) in [6, 6.07) is 12.3. The fourth-order valence-electron chi connectivity index (χ4n) is 3.10. The van der Waals surface area contributed by atoms with Crippen LogP contribution in [0.3, 0.4) is 0 Å². The van der Waals surface area contributed by atoms with Gasteiger partial charge in [-0.2, -0.15) is 0 Å². The SMILES string of the molecule is CCOc1ccc(OCCCC(=O)OCC(=O)c2ccc3c(c2)[C@@H](C)C(=O)N3)cc1. The maximum absolute atomic E-state index is 12.3. The summed E-state index contributed by atoms with van der Waals surface area (Å²) in [6.45, 7) is 4.34. The lowest BCUT2D eigenvalue weighted by atomic mass is 9.99. The molecular weight excluding hydrogens is 386 g/mol. The van der Waals surface area contributed by atoms with E-state index < -0.39 is 5.97 Å². The minimum Gasteiger partial charge on any atom is -0.494 e. The molecule has 0 radical (unpaired) electrons. The molecule has 1 aliphatic rings. The van der Waals surface area contributed by atoms with Crippen LogP contribution in [0.2, 0.25) is 0 Å². The summed E-state index contributed by atoms with van der Waals surface area (Å²) in [6.07, 6.45) is 0.633. The van der Waals surface area contributed by atoms with Crippen LogP contribution in [0.4, 0.5) is 5.69 Å². The first-order valence-electron chi connectivity index (χ1n) is 9.97. The molecule has 7 heteroatoms. The maximum Gasteiger partial charge on any atom is 0.306 e. The first kappa shape index (κ1) is 21.4. The molecule has 0 fully saturated rings. The van der Waals surface area contributed by atoms with E-state index in [1.165, 1.54) is 0 Å². The van der Waals surface area contributed by atoms with Crippen LogP contribution in [0.5, 0.6) is 11.5 Å². The van der Waals surface area contributed by atoms with Crippen molar-refractivity contribution in [2.75, 3.05) is 25.1 Å². The molecule has 0 saturated carbocycles. The quantitative estimate of drug-likeness (QED) is 0.364. The zero-order valence-electron chi connectivity index (χ0n) is 17.1. The van der Waals surface area contributed by atoms with Gasteiger partial charge >= 0.3 is 5.97 Å². The number of amides is 1. The van der Waals surface area contributed by atoms with Gasteiger partial charge in [-0.1, -0.05) is 0 Å². The van der Waals surface area contributed by atoms with Gasteiger partial charge < -0.3 is 19.5 Å². The summed E-state index contributed by atoms with van der Waals surface area (Å²) in [4.78, 5) is 35.9. The first-order chi connectivity index (χ1) is 14.5. The van der Waals surface area contributed by atoms with Gasteiger partial charge in [0.05, 0.1) is 19.1 Å². The Labute approximate surface area is 175 Å². The Morgan fingerprint density at radius 3 is 2.43 bits per heavy atom. The summed E-state index contributed by atoms with van der Waals surface area (Å²) in [7, 11) is 0. The minimum absolute atomic E-state index is 0.0894. The highest BCUT2D eigenvalue weighted by Gasteiger charge is 2.27.